The third-order valence-electron chi connectivity index (χ3n) is 2.62. The molecule has 0 radical (unpaired) electrons. The predicted octanol–water partition coefficient (Wildman–Crippen LogP) is 2.50. The molecule has 0 spiro atoms. The highest BCUT2D eigenvalue weighted by Crippen LogP contribution is 2.26. The van der Waals surface area contributed by atoms with E-state index in [0.717, 1.165) is 28.8 Å². The van der Waals surface area contributed by atoms with Gasteiger partial charge in [0.1, 0.15) is 5.75 Å². The average Bonchev–Trinajstić information content (AvgIpc) is 2.47. The molecule has 0 amide bonds. The van der Waals surface area contributed by atoms with Crippen LogP contribution in [-0.2, 0) is 12.3 Å². The van der Waals surface area contributed by atoms with E-state index < -0.39 is 0 Å². The predicted molar refractivity (Wildman–Crippen MR) is 77.4 cm³/mol. The third kappa shape index (κ3) is 3.94. The molecule has 0 atom stereocenters. The van der Waals surface area contributed by atoms with E-state index in [1.165, 1.54) is 5.56 Å². The van der Waals surface area contributed by atoms with Crippen molar-refractivity contribution in [1.82, 2.24) is 15.3 Å². The first kappa shape index (κ1) is 13.8. The zero-order chi connectivity index (χ0) is 13.5. The van der Waals surface area contributed by atoms with Gasteiger partial charge in [-0.1, -0.05) is 17.8 Å². The van der Waals surface area contributed by atoms with Crippen LogP contribution in [0.4, 0.5) is 0 Å². The molecule has 0 bridgehead atoms. The average molecular weight is 275 g/mol. The molecule has 1 N–H and O–H groups in total. The van der Waals surface area contributed by atoms with Gasteiger partial charge in [-0.25, -0.2) is 9.97 Å². The fourth-order valence-electron chi connectivity index (χ4n) is 1.76. The summed E-state index contributed by atoms with van der Waals surface area (Å²) in [5.74, 6) is 1.70. The Labute approximate surface area is 117 Å². The summed E-state index contributed by atoms with van der Waals surface area (Å²) in [5, 5.41) is 3.93. The second-order valence-electron chi connectivity index (χ2n) is 4.00. The molecular weight excluding hydrogens is 258 g/mol. The van der Waals surface area contributed by atoms with E-state index in [1.54, 1.807) is 31.3 Å². The van der Waals surface area contributed by atoms with Crippen LogP contribution in [0.3, 0.4) is 0 Å². The molecule has 0 fully saturated rings. The van der Waals surface area contributed by atoms with E-state index in [2.05, 4.69) is 27.4 Å². The van der Waals surface area contributed by atoms with Gasteiger partial charge in [-0.05, 0) is 30.8 Å². The minimum Gasteiger partial charge on any atom is -0.496 e. The Bertz CT molecular complexity index is 519. The summed E-state index contributed by atoms with van der Waals surface area (Å²) in [6, 6.07) is 8.06. The van der Waals surface area contributed by atoms with Crippen LogP contribution in [0.2, 0.25) is 0 Å². The van der Waals surface area contributed by atoms with Crippen LogP contribution >= 0.6 is 11.8 Å². The van der Waals surface area contributed by atoms with Gasteiger partial charge in [0.05, 0.1) is 7.11 Å². The summed E-state index contributed by atoms with van der Waals surface area (Å²) < 4.78 is 5.39. The smallest absolute Gasteiger partial charge is 0.187 e. The first-order valence-corrected chi connectivity index (χ1v) is 7.02. The molecule has 5 heteroatoms. The molecule has 1 aromatic heterocycles. The van der Waals surface area contributed by atoms with Crippen molar-refractivity contribution in [2.75, 3.05) is 14.2 Å². The lowest BCUT2D eigenvalue weighted by Crippen LogP contribution is -2.05. The van der Waals surface area contributed by atoms with E-state index in [9.17, 15) is 0 Å². The van der Waals surface area contributed by atoms with Crippen molar-refractivity contribution in [2.45, 2.75) is 17.5 Å². The number of nitrogens with zero attached hydrogens (tertiary/aromatic N) is 2. The minimum atomic E-state index is 0.781. The van der Waals surface area contributed by atoms with Crippen LogP contribution in [0.1, 0.15) is 11.1 Å². The van der Waals surface area contributed by atoms with E-state index in [1.807, 2.05) is 19.2 Å². The Hall–Kier alpha value is -1.59. The number of thioether (sulfide) groups is 1. The number of benzene rings is 1. The van der Waals surface area contributed by atoms with Crippen molar-refractivity contribution < 1.29 is 4.74 Å². The molecule has 100 valence electrons. The van der Waals surface area contributed by atoms with Gasteiger partial charge in [-0.15, -0.1) is 0 Å². The lowest BCUT2D eigenvalue weighted by Gasteiger charge is -2.10. The van der Waals surface area contributed by atoms with Gasteiger partial charge in [0.2, 0.25) is 0 Å². The Morgan fingerprint density at radius 2 is 2.05 bits per heavy atom. The summed E-state index contributed by atoms with van der Waals surface area (Å²) in [6.07, 6.45) is 3.51. The number of hydrogen-bond donors (Lipinski definition) is 1. The SMILES string of the molecule is CNCc1ccc(OC)c(CSc2ncccn2)c1. The summed E-state index contributed by atoms with van der Waals surface area (Å²) in [5.41, 5.74) is 2.40. The largest absolute Gasteiger partial charge is 0.496 e. The number of rotatable bonds is 6. The van der Waals surface area contributed by atoms with Gasteiger partial charge < -0.3 is 10.1 Å². The van der Waals surface area contributed by atoms with E-state index in [4.69, 9.17) is 4.74 Å². The van der Waals surface area contributed by atoms with Crippen LogP contribution in [0, 0.1) is 0 Å². The molecule has 0 saturated heterocycles. The van der Waals surface area contributed by atoms with Crippen molar-refractivity contribution in [2.24, 2.45) is 0 Å². The van der Waals surface area contributed by atoms with Crippen molar-refractivity contribution in [3.8, 4) is 5.75 Å². The highest BCUT2D eigenvalue weighted by Gasteiger charge is 2.06. The summed E-state index contributed by atoms with van der Waals surface area (Å²) in [4.78, 5) is 8.41. The number of aromatic nitrogens is 2. The van der Waals surface area contributed by atoms with Crippen molar-refractivity contribution in [3.05, 3.63) is 47.8 Å². The fourth-order valence-corrected chi connectivity index (χ4v) is 2.54. The van der Waals surface area contributed by atoms with Crippen LogP contribution in [-0.4, -0.2) is 24.1 Å². The molecule has 0 unspecified atom stereocenters. The molecule has 2 aromatic rings. The van der Waals surface area contributed by atoms with E-state index in [-0.39, 0.29) is 0 Å². The number of nitrogens with one attached hydrogen (secondary N) is 1. The maximum atomic E-state index is 5.39. The molecule has 4 nitrogen and oxygen atoms in total. The van der Waals surface area contributed by atoms with Crippen molar-refractivity contribution in [3.63, 3.8) is 0 Å². The lowest BCUT2D eigenvalue weighted by molar-refractivity contribution is 0.411. The second-order valence-corrected chi connectivity index (χ2v) is 4.94. The van der Waals surface area contributed by atoms with Gasteiger partial charge in [0, 0.05) is 30.3 Å². The highest BCUT2D eigenvalue weighted by atomic mass is 32.2. The second kappa shape index (κ2) is 7.11. The first-order valence-electron chi connectivity index (χ1n) is 6.03. The van der Waals surface area contributed by atoms with E-state index in [0.29, 0.717) is 0 Å². The van der Waals surface area contributed by atoms with Crippen LogP contribution in [0.15, 0.2) is 41.8 Å². The van der Waals surface area contributed by atoms with Crippen molar-refractivity contribution >= 4 is 11.8 Å². The molecule has 1 heterocycles. The fraction of sp³-hybridized carbons (Fsp3) is 0.286. The Morgan fingerprint density at radius 1 is 1.26 bits per heavy atom. The molecule has 1 aromatic carbocycles. The summed E-state index contributed by atoms with van der Waals surface area (Å²) in [6.45, 7) is 0.851. The van der Waals surface area contributed by atoms with Gasteiger partial charge in [0.15, 0.2) is 5.16 Å². The maximum Gasteiger partial charge on any atom is 0.187 e. The first-order chi connectivity index (χ1) is 9.33. The molecule has 19 heavy (non-hydrogen) atoms. The topological polar surface area (TPSA) is 47.0 Å². The van der Waals surface area contributed by atoms with Gasteiger partial charge in [-0.3, -0.25) is 0 Å². The Balaban J connectivity index is 2.11. The van der Waals surface area contributed by atoms with Crippen LogP contribution in [0.5, 0.6) is 5.75 Å². The number of hydrogen-bond acceptors (Lipinski definition) is 5. The van der Waals surface area contributed by atoms with E-state index >= 15 is 0 Å². The molecule has 0 aliphatic heterocycles. The monoisotopic (exact) mass is 275 g/mol. The maximum absolute atomic E-state index is 5.39. The molecular formula is C14H17N3OS. The van der Waals surface area contributed by atoms with Gasteiger partial charge in [0.25, 0.3) is 0 Å². The van der Waals surface area contributed by atoms with Crippen molar-refractivity contribution in [1.29, 1.82) is 0 Å². The quantitative estimate of drug-likeness (QED) is 0.648. The highest BCUT2D eigenvalue weighted by molar-refractivity contribution is 7.98. The normalized spacial score (nSPS) is 10.4. The number of methoxy groups -OCH3 is 1. The molecule has 0 saturated carbocycles. The Morgan fingerprint density at radius 3 is 2.74 bits per heavy atom. The van der Waals surface area contributed by atoms with Crippen LogP contribution < -0.4 is 10.1 Å². The third-order valence-corrected chi connectivity index (χ3v) is 3.55. The zero-order valence-corrected chi connectivity index (χ0v) is 11.9. The summed E-state index contributed by atoms with van der Waals surface area (Å²) in [7, 11) is 3.64. The Kier molecular flexibility index (Phi) is 5.18. The summed E-state index contributed by atoms with van der Waals surface area (Å²) >= 11 is 1.61. The minimum absolute atomic E-state index is 0.781. The van der Waals surface area contributed by atoms with Gasteiger partial charge >= 0.3 is 0 Å². The number of ether oxygens (including phenoxy) is 1. The standard InChI is InChI=1S/C14H17N3OS/c1-15-9-11-4-5-13(18-2)12(8-11)10-19-14-16-6-3-7-17-14/h3-8,15H,9-10H2,1-2H3. The zero-order valence-electron chi connectivity index (χ0n) is 11.1. The lowest BCUT2D eigenvalue weighted by atomic mass is 10.1. The molecule has 0 aliphatic rings. The molecule has 0 aliphatic carbocycles. The van der Waals surface area contributed by atoms with Crippen LogP contribution in [0.25, 0.3) is 0 Å². The molecule has 2 rings (SSSR count). The van der Waals surface area contributed by atoms with Gasteiger partial charge in [-0.2, -0.15) is 0 Å².